The Morgan fingerprint density at radius 1 is 1.04 bits per heavy atom. The van der Waals surface area contributed by atoms with Crippen molar-refractivity contribution in [3.63, 3.8) is 0 Å². The summed E-state index contributed by atoms with van der Waals surface area (Å²) in [5.41, 5.74) is 0.575. The minimum absolute atomic E-state index is 0.0694. The zero-order valence-corrected chi connectivity index (χ0v) is 12.3. The minimum Gasteiger partial charge on any atom is -0.418 e. The first-order valence-electron chi connectivity index (χ1n) is 7.57. The molecule has 4 nitrogen and oxygen atoms in total. The van der Waals surface area contributed by atoms with Crippen molar-refractivity contribution in [1.82, 2.24) is 5.32 Å². The average Bonchev–Trinajstić information content (AvgIpc) is 3.35. The first-order chi connectivity index (χ1) is 10.8. The molecule has 3 aliphatic rings. The standard InChI is InChI=1S/C14H15N3O.BF4/c18-13-15-14(10-6-7-10,11-8-9-11)16-17(13)12-4-2-1-3-5-12;2-1(3,4)5/h1-5,10-11H,6-9H2;/q;-1/p+1. The van der Waals surface area contributed by atoms with Crippen LogP contribution >= 0.6 is 0 Å². The van der Waals surface area contributed by atoms with Crippen LogP contribution in [0.25, 0.3) is 0 Å². The molecule has 2 saturated carbocycles. The van der Waals surface area contributed by atoms with Gasteiger partial charge in [-0.2, -0.15) is 4.79 Å². The Hall–Kier alpha value is -1.93. The number of rotatable bonds is 3. The fraction of sp³-hybridized carbons (Fsp3) is 0.500. The van der Waals surface area contributed by atoms with Crippen molar-refractivity contribution < 1.29 is 26.8 Å². The molecule has 4 rings (SSSR count). The summed E-state index contributed by atoms with van der Waals surface area (Å²) in [4.78, 5) is 12.2. The first kappa shape index (κ1) is 16.0. The van der Waals surface area contributed by atoms with Crippen LogP contribution in [0.3, 0.4) is 0 Å². The molecule has 0 aromatic heterocycles. The number of benzene rings is 1. The van der Waals surface area contributed by atoms with Crippen LogP contribution in [0.15, 0.2) is 35.4 Å². The summed E-state index contributed by atoms with van der Waals surface area (Å²) in [6.07, 6.45) is 4.79. The van der Waals surface area contributed by atoms with E-state index in [0.717, 1.165) is 5.69 Å². The monoisotopic (exact) mass is 329 g/mol. The zero-order valence-electron chi connectivity index (χ0n) is 12.3. The number of nitrogens with one attached hydrogen (secondary N) is 1. The molecule has 1 N–H and O–H groups in total. The lowest BCUT2D eigenvalue weighted by atomic mass is 10.00. The van der Waals surface area contributed by atoms with Gasteiger partial charge >= 0.3 is 13.3 Å². The fourth-order valence-corrected chi connectivity index (χ4v) is 2.95. The van der Waals surface area contributed by atoms with Crippen LogP contribution in [0.2, 0.25) is 0 Å². The number of para-hydroxylation sites is 1. The molecule has 0 unspecified atom stereocenters. The molecule has 0 radical (unpaired) electrons. The van der Waals surface area contributed by atoms with Gasteiger partial charge in [0.2, 0.25) is 5.66 Å². The highest BCUT2D eigenvalue weighted by Gasteiger charge is 2.64. The quantitative estimate of drug-likeness (QED) is 0.501. The maximum atomic E-state index is 12.2. The van der Waals surface area contributed by atoms with E-state index in [2.05, 4.69) is 5.32 Å². The van der Waals surface area contributed by atoms with E-state index >= 15 is 0 Å². The Morgan fingerprint density at radius 2 is 1.52 bits per heavy atom. The maximum Gasteiger partial charge on any atom is 0.673 e. The molecule has 1 aliphatic heterocycles. The minimum atomic E-state index is -6.00. The topological polar surface area (TPSA) is 44.5 Å². The first-order valence-corrected chi connectivity index (χ1v) is 7.57. The van der Waals surface area contributed by atoms with E-state index in [9.17, 15) is 22.1 Å². The van der Waals surface area contributed by atoms with Crippen LogP contribution in [0, 0.1) is 11.8 Å². The molecular formula is C14H16BF4N3O. The van der Waals surface area contributed by atoms with E-state index in [0.29, 0.717) is 11.8 Å². The van der Waals surface area contributed by atoms with Crippen LogP contribution in [0.5, 0.6) is 0 Å². The van der Waals surface area contributed by atoms with Crippen LogP contribution in [-0.2, 0) is 0 Å². The van der Waals surface area contributed by atoms with E-state index in [4.69, 9.17) is 5.11 Å². The number of azo groups is 2. The van der Waals surface area contributed by atoms with Gasteiger partial charge < -0.3 is 17.3 Å². The van der Waals surface area contributed by atoms with Crippen molar-refractivity contribution in [2.75, 3.05) is 0 Å². The number of nitrogens with zero attached hydrogens (tertiary/aromatic N) is 2. The summed E-state index contributed by atoms with van der Waals surface area (Å²) in [7, 11) is -6.00. The molecule has 0 atom stereocenters. The lowest BCUT2D eigenvalue weighted by molar-refractivity contribution is -0.404. The van der Waals surface area contributed by atoms with E-state index in [1.807, 2.05) is 30.3 Å². The second-order valence-corrected chi connectivity index (χ2v) is 6.05. The summed E-state index contributed by atoms with van der Waals surface area (Å²) in [6.45, 7) is 0. The van der Waals surface area contributed by atoms with Gasteiger partial charge in [0.1, 0.15) is 0 Å². The highest BCUT2D eigenvalue weighted by molar-refractivity contribution is 6.50. The Bertz CT molecular complexity index is 609. The summed E-state index contributed by atoms with van der Waals surface area (Å²) >= 11 is 0. The van der Waals surface area contributed by atoms with Crippen molar-refractivity contribution in [3.8, 4) is 0 Å². The Kier molecular flexibility index (Phi) is 3.89. The fourth-order valence-electron chi connectivity index (χ4n) is 2.95. The normalized spacial score (nSPS) is 22.8. The van der Waals surface area contributed by atoms with Gasteiger partial charge in [-0.1, -0.05) is 28.0 Å². The number of halogens is 4. The molecule has 1 aromatic rings. The zero-order chi connectivity index (χ0) is 16.7. The van der Waals surface area contributed by atoms with Crippen LogP contribution in [-0.4, -0.2) is 23.6 Å². The molecule has 0 bridgehead atoms. The SMILES string of the molecule is F[B-](F)(F)F.O=C1NC(C2CC2)(C2CC2)N=[N+]1c1ccccc1. The third-order valence-electron chi connectivity index (χ3n) is 4.17. The van der Waals surface area contributed by atoms with E-state index in [1.54, 1.807) is 4.70 Å². The van der Waals surface area contributed by atoms with Crippen LogP contribution in [0.4, 0.5) is 27.7 Å². The van der Waals surface area contributed by atoms with Crippen molar-refractivity contribution >= 4 is 19.0 Å². The van der Waals surface area contributed by atoms with E-state index in [1.165, 1.54) is 25.7 Å². The van der Waals surface area contributed by atoms with Gasteiger partial charge in [0.25, 0.3) is 0 Å². The largest absolute Gasteiger partial charge is 0.673 e. The number of carbonyl (C=O) groups is 1. The molecule has 124 valence electrons. The predicted octanol–water partition coefficient (Wildman–Crippen LogP) is 4.32. The van der Waals surface area contributed by atoms with Crippen molar-refractivity contribution in [2.24, 2.45) is 17.0 Å². The highest BCUT2D eigenvalue weighted by Crippen LogP contribution is 2.54. The third kappa shape index (κ3) is 3.70. The molecule has 2 amide bonds. The highest BCUT2D eigenvalue weighted by atomic mass is 19.5. The van der Waals surface area contributed by atoms with Gasteiger partial charge in [-0.3, -0.25) is 0 Å². The molecular weight excluding hydrogens is 313 g/mol. The van der Waals surface area contributed by atoms with Crippen molar-refractivity contribution in [2.45, 2.75) is 31.3 Å². The average molecular weight is 329 g/mol. The Labute approximate surface area is 130 Å². The number of hydrogen-bond acceptors (Lipinski definition) is 2. The molecule has 2 fully saturated rings. The molecule has 1 aromatic carbocycles. The predicted molar refractivity (Wildman–Crippen MR) is 75.7 cm³/mol. The molecule has 23 heavy (non-hydrogen) atoms. The number of carbonyl (C=O) groups excluding carboxylic acids is 1. The molecule has 0 saturated heterocycles. The third-order valence-corrected chi connectivity index (χ3v) is 4.17. The summed E-state index contributed by atoms with van der Waals surface area (Å²) < 4.78 is 40.6. The molecule has 1 heterocycles. The summed E-state index contributed by atoms with van der Waals surface area (Å²) in [5, 5.41) is 7.93. The summed E-state index contributed by atoms with van der Waals surface area (Å²) in [6, 6.07) is 9.61. The Balaban J connectivity index is 0.000000276. The van der Waals surface area contributed by atoms with Gasteiger partial charge in [0.15, 0.2) is 5.69 Å². The second-order valence-electron chi connectivity index (χ2n) is 6.05. The van der Waals surface area contributed by atoms with Crippen LogP contribution < -0.4 is 5.32 Å². The van der Waals surface area contributed by atoms with E-state index < -0.39 is 7.25 Å². The maximum absolute atomic E-state index is 12.2. The van der Waals surface area contributed by atoms with Crippen molar-refractivity contribution in [1.29, 1.82) is 0 Å². The lowest BCUT2D eigenvalue weighted by Crippen LogP contribution is -2.46. The smallest absolute Gasteiger partial charge is 0.418 e. The molecule has 2 aliphatic carbocycles. The van der Waals surface area contributed by atoms with Gasteiger partial charge in [-0.15, -0.1) is 0 Å². The summed E-state index contributed by atoms with van der Waals surface area (Å²) in [5.74, 6) is 1.12. The van der Waals surface area contributed by atoms with Gasteiger partial charge in [0, 0.05) is 11.8 Å². The van der Waals surface area contributed by atoms with Gasteiger partial charge in [-0.25, -0.2) is 5.32 Å². The van der Waals surface area contributed by atoms with Gasteiger partial charge in [-0.05, 0) is 37.8 Å². The molecule has 0 spiro atoms. The molecule has 9 heteroatoms. The van der Waals surface area contributed by atoms with Crippen LogP contribution in [0.1, 0.15) is 25.7 Å². The van der Waals surface area contributed by atoms with Gasteiger partial charge in [0.05, 0.1) is 0 Å². The Morgan fingerprint density at radius 3 is 1.96 bits per heavy atom. The van der Waals surface area contributed by atoms with Crippen molar-refractivity contribution in [3.05, 3.63) is 30.3 Å². The number of urea groups is 1. The lowest BCUT2D eigenvalue weighted by Gasteiger charge is -2.17. The second kappa shape index (κ2) is 5.61. The number of hydrogen-bond donors (Lipinski definition) is 1. The van der Waals surface area contributed by atoms with E-state index in [-0.39, 0.29) is 11.7 Å². The number of amides is 2.